The van der Waals surface area contributed by atoms with Crippen LogP contribution in [0.2, 0.25) is 0 Å². The summed E-state index contributed by atoms with van der Waals surface area (Å²) in [6.45, 7) is 5.35. The number of piperazine rings is 1. The first-order valence-corrected chi connectivity index (χ1v) is 10.2. The molecule has 5 rings (SSSR count). The number of benzene rings is 2. The minimum Gasteiger partial charge on any atom is -0.368 e. The summed E-state index contributed by atoms with van der Waals surface area (Å²) < 4.78 is 15.5. The monoisotopic (exact) mass is 406 g/mol. The summed E-state index contributed by atoms with van der Waals surface area (Å²) in [5.41, 5.74) is 1.36. The second-order valence-corrected chi connectivity index (χ2v) is 7.45. The van der Waals surface area contributed by atoms with Crippen molar-refractivity contribution in [3.05, 3.63) is 54.3 Å². The fourth-order valence-electron chi connectivity index (χ4n) is 4.01. The minimum atomic E-state index is -0.144. The average molecular weight is 406 g/mol. The summed E-state index contributed by atoms with van der Waals surface area (Å²) in [6.07, 6.45) is 0.989. The van der Waals surface area contributed by atoms with Crippen molar-refractivity contribution in [3.8, 4) is 0 Å². The normalized spacial score (nSPS) is 15.2. The van der Waals surface area contributed by atoms with E-state index in [0.717, 1.165) is 62.3 Å². The number of rotatable bonds is 6. The fourth-order valence-corrected chi connectivity index (χ4v) is 4.01. The zero-order chi connectivity index (χ0) is 20.3. The van der Waals surface area contributed by atoms with E-state index in [4.69, 9.17) is 0 Å². The SMILES string of the molecule is Fc1ccccc1N1CCN(CCCNc2nn3nnnc3c3ccccc23)CC1. The summed E-state index contributed by atoms with van der Waals surface area (Å²) in [5, 5.41) is 21.7. The maximum Gasteiger partial charge on any atom is 0.207 e. The minimum absolute atomic E-state index is 0.144. The van der Waals surface area contributed by atoms with Crippen molar-refractivity contribution in [2.75, 3.05) is 49.5 Å². The first-order chi connectivity index (χ1) is 14.8. The molecule has 1 saturated heterocycles. The van der Waals surface area contributed by atoms with Crippen LogP contribution in [0.5, 0.6) is 0 Å². The Morgan fingerprint density at radius 3 is 2.53 bits per heavy atom. The molecule has 0 amide bonds. The Kier molecular flexibility index (Phi) is 5.10. The van der Waals surface area contributed by atoms with Crippen molar-refractivity contribution < 1.29 is 4.39 Å². The third-order valence-corrected chi connectivity index (χ3v) is 5.58. The van der Waals surface area contributed by atoms with Gasteiger partial charge < -0.3 is 10.2 Å². The van der Waals surface area contributed by atoms with Gasteiger partial charge in [-0.1, -0.05) is 36.4 Å². The van der Waals surface area contributed by atoms with Crippen LogP contribution in [-0.4, -0.2) is 69.4 Å². The second kappa shape index (κ2) is 8.19. The Bertz CT molecular complexity index is 1150. The summed E-state index contributed by atoms with van der Waals surface area (Å²) in [7, 11) is 0. The quantitative estimate of drug-likeness (QED) is 0.493. The standard InChI is InChI=1S/C21H23FN8/c22-18-8-3-4-9-19(18)29-14-12-28(13-15-29)11-5-10-23-20-16-6-1-2-7-17(16)21-24-26-27-30(21)25-20/h1-4,6-9H,5,10-15H2,(H,23,25). The number of nitrogens with one attached hydrogen (secondary N) is 1. The van der Waals surface area contributed by atoms with Gasteiger partial charge in [0.15, 0.2) is 5.82 Å². The van der Waals surface area contributed by atoms with Crippen LogP contribution < -0.4 is 10.2 Å². The Morgan fingerprint density at radius 1 is 0.933 bits per heavy atom. The summed E-state index contributed by atoms with van der Waals surface area (Å²) >= 11 is 0. The number of hydrogen-bond acceptors (Lipinski definition) is 7. The van der Waals surface area contributed by atoms with Crippen molar-refractivity contribution >= 4 is 27.9 Å². The molecule has 0 spiro atoms. The van der Waals surface area contributed by atoms with Gasteiger partial charge in [0.05, 0.1) is 5.69 Å². The fraction of sp³-hybridized carbons (Fsp3) is 0.333. The van der Waals surface area contributed by atoms with Gasteiger partial charge in [-0.25, -0.2) is 4.39 Å². The molecule has 0 bridgehead atoms. The molecular weight excluding hydrogens is 383 g/mol. The van der Waals surface area contributed by atoms with Crippen molar-refractivity contribution in [2.24, 2.45) is 0 Å². The molecule has 8 nitrogen and oxygen atoms in total. The summed E-state index contributed by atoms with van der Waals surface area (Å²) in [5.74, 6) is 0.643. The average Bonchev–Trinajstić information content (AvgIpc) is 3.26. The molecule has 0 atom stereocenters. The van der Waals surface area contributed by atoms with Gasteiger partial charge in [-0.2, -0.15) is 0 Å². The van der Waals surface area contributed by atoms with E-state index in [-0.39, 0.29) is 5.82 Å². The summed E-state index contributed by atoms with van der Waals surface area (Å²) in [4.78, 5) is 4.55. The van der Waals surface area contributed by atoms with Crippen LogP contribution >= 0.6 is 0 Å². The third-order valence-electron chi connectivity index (χ3n) is 5.58. The first-order valence-electron chi connectivity index (χ1n) is 10.2. The molecule has 1 aliphatic rings. The lowest BCUT2D eigenvalue weighted by Crippen LogP contribution is -2.47. The van der Waals surface area contributed by atoms with Crippen molar-refractivity contribution in [2.45, 2.75) is 6.42 Å². The van der Waals surface area contributed by atoms with Crippen molar-refractivity contribution in [1.29, 1.82) is 0 Å². The number of nitrogens with zero attached hydrogens (tertiary/aromatic N) is 7. The molecule has 0 unspecified atom stereocenters. The molecule has 0 radical (unpaired) electrons. The van der Waals surface area contributed by atoms with E-state index in [9.17, 15) is 4.39 Å². The molecule has 4 aromatic rings. The van der Waals surface area contributed by atoms with Gasteiger partial charge in [0.1, 0.15) is 5.82 Å². The summed E-state index contributed by atoms with van der Waals surface area (Å²) in [6, 6.07) is 15.0. The molecule has 0 aliphatic carbocycles. The molecule has 1 N–H and O–H groups in total. The maximum atomic E-state index is 14.0. The van der Waals surface area contributed by atoms with Gasteiger partial charge in [-0.3, -0.25) is 4.90 Å². The Balaban J connectivity index is 1.15. The molecule has 2 aromatic heterocycles. The van der Waals surface area contributed by atoms with E-state index in [1.54, 1.807) is 6.07 Å². The molecule has 1 aliphatic heterocycles. The van der Waals surface area contributed by atoms with Gasteiger partial charge in [0, 0.05) is 43.5 Å². The number of anilines is 2. The topological polar surface area (TPSA) is 74.5 Å². The van der Waals surface area contributed by atoms with Crippen LogP contribution in [0.3, 0.4) is 0 Å². The van der Waals surface area contributed by atoms with Crippen LogP contribution in [-0.2, 0) is 0 Å². The number of aromatic nitrogens is 5. The zero-order valence-electron chi connectivity index (χ0n) is 16.6. The molecule has 154 valence electrons. The molecule has 2 aromatic carbocycles. The van der Waals surface area contributed by atoms with Gasteiger partial charge >= 0.3 is 0 Å². The van der Waals surface area contributed by atoms with E-state index in [0.29, 0.717) is 11.3 Å². The highest BCUT2D eigenvalue weighted by Gasteiger charge is 2.19. The maximum absolute atomic E-state index is 14.0. The van der Waals surface area contributed by atoms with E-state index in [2.05, 4.69) is 35.7 Å². The van der Waals surface area contributed by atoms with E-state index >= 15 is 0 Å². The lowest BCUT2D eigenvalue weighted by Gasteiger charge is -2.36. The molecular formula is C21H23FN8. The smallest absolute Gasteiger partial charge is 0.207 e. The highest BCUT2D eigenvalue weighted by molar-refractivity contribution is 5.99. The van der Waals surface area contributed by atoms with Crippen molar-refractivity contribution in [1.82, 2.24) is 30.2 Å². The molecule has 9 heteroatoms. The lowest BCUT2D eigenvalue weighted by molar-refractivity contribution is 0.256. The van der Waals surface area contributed by atoms with Crippen LogP contribution in [0.1, 0.15) is 6.42 Å². The largest absolute Gasteiger partial charge is 0.368 e. The number of hydrogen-bond donors (Lipinski definition) is 1. The van der Waals surface area contributed by atoms with E-state index < -0.39 is 0 Å². The van der Waals surface area contributed by atoms with Gasteiger partial charge in [0.2, 0.25) is 5.65 Å². The third kappa shape index (κ3) is 3.63. The number of para-hydroxylation sites is 1. The number of fused-ring (bicyclic) bond motifs is 3. The van der Waals surface area contributed by atoms with Gasteiger partial charge in [-0.15, -0.1) is 14.8 Å². The van der Waals surface area contributed by atoms with Crippen LogP contribution in [0.25, 0.3) is 16.4 Å². The van der Waals surface area contributed by atoms with Crippen molar-refractivity contribution in [3.63, 3.8) is 0 Å². The Labute approximate surface area is 173 Å². The molecule has 1 fully saturated rings. The van der Waals surface area contributed by atoms with Crippen LogP contribution in [0.15, 0.2) is 48.5 Å². The second-order valence-electron chi connectivity index (χ2n) is 7.45. The van der Waals surface area contributed by atoms with Gasteiger partial charge in [0.25, 0.3) is 0 Å². The van der Waals surface area contributed by atoms with E-state index in [1.165, 1.54) is 10.7 Å². The molecule has 0 saturated carbocycles. The molecule has 30 heavy (non-hydrogen) atoms. The number of tetrazole rings is 1. The van der Waals surface area contributed by atoms with Gasteiger partial charge in [-0.05, 0) is 35.5 Å². The molecule has 3 heterocycles. The lowest BCUT2D eigenvalue weighted by atomic mass is 10.2. The Morgan fingerprint density at radius 2 is 1.70 bits per heavy atom. The predicted octanol–water partition coefficient (Wildman–Crippen LogP) is 2.44. The van der Waals surface area contributed by atoms with Crippen LogP contribution in [0, 0.1) is 5.82 Å². The number of halogens is 1. The highest BCUT2D eigenvalue weighted by Crippen LogP contribution is 2.23. The zero-order valence-corrected chi connectivity index (χ0v) is 16.6. The Hall–Kier alpha value is -3.33. The van der Waals surface area contributed by atoms with E-state index in [1.807, 2.05) is 36.4 Å². The first kappa shape index (κ1) is 18.7. The predicted molar refractivity (Wildman–Crippen MR) is 114 cm³/mol. The van der Waals surface area contributed by atoms with Crippen LogP contribution in [0.4, 0.5) is 15.9 Å². The highest BCUT2D eigenvalue weighted by atomic mass is 19.1.